The minimum absolute atomic E-state index is 0.518. The molecule has 0 aliphatic rings. The van der Waals surface area contributed by atoms with Gasteiger partial charge in [-0.05, 0) is 12.3 Å². The van der Waals surface area contributed by atoms with Gasteiger partial charge in [-0.15, -0.1) is 0 Å². The average Bonchev–Trinajstić information content (AvgIpc) is 2.42. The molecule has 5 nitrogen and oxygen atoms in total. The van der Waals surface area contributed by atoms with Gasteiger partial charge in [0.1, 0.15) is 5.02 Å². The Balaban J connectivity index is 2.91. The molecule has 1 rings (SSSR count). The Morgan fingerprint density at radius 3 is 2.80 bits per heavy atom. The molecular weight excluding hydrogens is 276 g/mol. The van der Waals surface area contributed by atoms with E-state index in [4.69, 9.17) is 16.3 Å². The van der Waals surface area contributed by atoms with Crippen LogP contribution >= 0.6 is 11.6 Å². The van der Waals surface area contributed by atoms with Crippen LogP contribution in [0.5, 0.6) is 0 Å². The van der Waals surface area contributed by atoms with E-state index in [0.29, 0.717) is 23.5 Å². The molecule has 0 unspecified atom stereocenters. The predicted molar refractivity (Wildman–Crippen MR) is 84.7 cm³/mol. The van der Waals surface area contributed by atoms with E-state index in [1.807, 2.05) is 0 Å². The Bertz CT molecular complexity index is 401. The number of halogens is 1. The van der Waals surface area contributed by atoms with E-state index in [1.165, 1.54) is 0 Å². The van der Waals surface area contributed by atoms with Crippen molar-refractivity contribution in [1.29, 1.82) is 0 Å². The summed E-state index contributed by atoms with van der Waals surface area (Å²) >= 11 is 6.25. The van der Waals surface area contributed by atoms with E-state index in [0.717, 1.165) is 31.9 Å². The standard InChI is InChI=1S/C14H25ClN4O/c1-5-6-16-14-17-9-12(15)13(18-14)19(7-8-20-4)10-11(2)3/h9,11H,5-8,10H2,1-4H3,(H,16,17,18). The molecule has 6 heteroatoms. The number of hydrogen-bond donors (Lipinski definition) is 1. The first kappa shape index (κ1) is 17.0. The first-order valence-electron chi connectivity index (χ1n) is 7.08. The number of hydrogen-bond acceptors (Lipinski definition) is 5. The van der Waals surface area contributed by atoms with Gasteiger partial charge in [0.05, 0.1) is 12.8 Å². The van der Waals surface area contributed by atoms with Crippen molar-refractivity contribution in [1.82, 2.24) is 9.97 Å². The lowest BCUT2D eigenvalue weighted by molar-refractivity contribution is 0.204. The number of ether oxygens (including phenoxy) is 1. The number of nitrogens with one attached hydrogen (secondary N) is 1. The summed E-state index contributed by atoms with van der Waals surface area (Å²) in [5.74, 6) is 1.91. The number of rotatable bonds is 9. The lowest BCUT2D eigenvalue weighted by Gasteiger charge is -2.26. The third kappa shape index (κ3) is 5.51. The zero-order valence-electron chi connectivity index (χ0n) is 12.8. The van der Waals surface area contributed by atoms with Crippen LogP contribution in [0, 0.1) is 5.92 Å². The van der Waals surface area contributed by atoms with Crippen LogP contribution in [0.2, 0.25) is 5.02 Å². The van der Waals surface area contributed by atoms with Crippen LogP contribution in [0.1, 0.15) is 27.2 Å². The zero-order chi connectivity index (χ0) is 15.0. The van der Waals surface area contributed by atoms with Crippen molar-refractivity contribution in [3.63, 3.8) is 0 Å². The third-order valence-electron chi connectivity index (χ3n) is 2.71. The van der Waals surface area contributed by atoms with Gasteiger partial charge in [0.15, 0.2) is 5.82 Å². The van der Waals surface area contributed by atoms with Crippen LogP contribution in [0.3, 0.4) is 0 Å². The molecule has 0 atom stereocenters. The Morgan fingerprint density at radius 1 is 1.45 bits per heavy atom. The molecule has 0 radical (unpaired) electrons. The monoisotopic (exact) mass is 300 g/mol. The summed E-state index contributed by atoms with van der Waals surface area (Å²) in [4.78, 5) is 10.9. The van der Waals surface area contributed by atoms with Crippen molar-refractivity contribution in [3.05, 3.63) is 11.2 Å². The molecule has 0 amide bonds. The summed E-state index contributed by atoms with van der Waals surface area (Å²) in [5.41, 5.74) is 0. The summed E-state index contributed by atoms with van der Waals surface area (Å²) in [6.45, 7) is 9.59. The Morgan fingerprint density at radius 2 is 2.20 bits per heavy atom. The molecule has 0 aromatic carbocycles. The van der Waals surface area contributed by atoms with E-state index in [2.05, 4.69) is 41.0 Å². The molecule has 114 valence electrons. The summed E-state index contributed by atoms with van der Waals surface area (Å²) in [5, 5.41) is 3.76. The Hall–Kier alpha value is -1.07. The van der Waals surface area contributed by atoms with Crippen molar-refractivity contribution in [2.45, 2.75) is 27.2 Å². The molecule has 20 heavy (non-hydrogen) atoms. The maximum atomic E-state index is 6.25. The van der Waals surface area contributed by atoms with E-state index < -0.39 is 0 Å². The Kier molecular flexibility index (Phi) is 7.62. The molecule has 0 fully saturated rings. The maximum absolute atomic E-state index is 6.25. The van der Waals surface area contributed by atoms with Crippen molar-refractivity contribution >= 4 is 23.4 Å². The molecule has 0 saturated carbocycles. The summed E-state index contributed by atoms with van der Waals surface area (Å²) < 4.78 is 5.17. The molecule has 0 bridgehead atoms. The van der Waals surface area contributed by atoms with Crippen molar-refractivity contribution < 1.29 is 4.74 Å². The van der Waals surface area contributed by atoms with Gasteiger partial charge >= 0.3 is 0 Å². The van der Waals surface area contributed by atoms with E-state index in [1.54, 1.807) is 13.3 Å². The van der Waals surface area contributed by atoms with Crippen LogP contribution in [-0.2, 0) is 4.74 Å². The van der Waals surface area contributed by atoms with Crippen LogP contribution in [0.4, 0.5) is 11.8 Å². The molecular formula is C14H25ClN4O. The number of anilines is 2. The van der Waals surface area contributed by atoms with Gasteiger partial charge in [-0.3, -0.25) is 0 Å². The highest BCUT2D eigenvalue weighted by Crippen LogP contribution is 2.24. The van der Waals surface area contributed by atoms with Gasteiger partial charge in [-0.25, -0.2) is 4.98 Å². The third-order valence-corrected chi connectivity index (χ3v) is 2.98. The van der Waals surface area contributed by atoms with E-state index in [9.17, 15) is 0 Å². The number of aromatic nitrogens is 2. The largest absolute Gasteiger partial charge is 0.383 e. The average molecular weight is 301 g/mol. The highest BCUT2D eigenvalue weighted by molar-refractivity contribution is 6.32. The van der Waals surface area contributed by atoms with Crippen LogP contribution in [0.25, 0.3) is 0 Å². The normalized spacial score (nSPS) is 10.9. The van der Waals surface area contributed by atoms with E-state index in [-0.39, 0.29) is 0 Å². The smallest absolute Gasteiger partial charge is 0.224 e. The maximum Gasteiger partial charge on any atom is 0.224 e. The molecule has 1 N–H and O–H groups in total. The fraction of sp³-hybridized carbons (Fsp3) is 0.714. The lowest BCUT2D eigenvalue weighted by Crippen LogP contribution is -2.32. The minimum atomic E-state index is 0.518. The second-order valence-corrected chi connectivity index (χ2v) is 5.53. The first-order chi connectivity index (χ1) is 9.58. The lowest BCUT2D eigenvalue weighted by atomic mass is 10.2. The summed E-state index contributed by atoms with van der Waals surface area (Å²) in [6, 6.07) is 0. The van der Waals surface area contributed by atoms with Crippen LogP contribution < -0.4 is 10.2 Å². The number of methoxy groups -OCH3 is 1. The van der Waals surface area contributed by atoms with Gasteiger partial charge < -0.3 is 15.0 Å². The van der Waals surface area contributed by atoms with Gasteiger partial charge in [0.2, 0.25) is 5.95 Å². The Labute approximate surface area is 126 Å². The minimum Gasteiger partial charge on any atom is -0.383 e. The first-order valence-corrected chi connectivity index (χ1v) is 7.46. The second kappa shape index (κ2) is 8.97. The van der Waals surface area contributed by atoms with Gasteiger partial charge in [-0.1, -0.05) is 32.4 Å². The van der Waals surface area contributed by atoms with Crippen LogP contribution in [0.15, 0.2) is 6.20 Å². The topological polar surface area (TPSA) is 50.3 Å². The summed E-state index contributed by atoms with van der Waals surface area (Å²) in [6.07, 6.45) is 2.68. The molecule has 1 heterocycles. The highest BCUT2D eigenvalue weighted by Gasteiger charge is 2.15. The highest BCUT2D eigenvalue weighted by atomic mass is 35.5. The van der Waals surface area contributed by atoms with Crippen molar-refractivity contribution in [2.75, 3.05) is 43.6 Å². The van der Waals surface area contributed by atoms with Crippen molar-refractivity contribution in [3.8, 4) is 0 Å². The molecule has 1 aromatic heterocycles. The van der Waals surface area contributed by atoms with Crippen molar-refractivity contribution in [2.24, 2.45) is 5.92 Å². The predicted octanol–water partition coefficient (Wildman–Crippen LogP) is 3.06. The summed E-state index contributed by atoms with van der Waals surface area (Å²) in [7, 11) is 1.70. The quantitative estimate of drug-likeness (QED) is 0.759. The fourth-order valence-electron chi connectivity index (χ4n) is 1.83. The number of nitrogens with zero attached hydrogens (tertiary/aromatic N) is 3. The second-order valence-electron chi connectivity index (χ2n) is 5.12. The molecule has 1 aromatic rings. The fourth-order valence-corrected chi connectivity index (χ4v) is 2.04. The van der Waals surface area contributed by atoms with Gasteiger partial charge in [0.25, 0.3) is 0 Å². The zero-order valence-corrected chi connectivity index (χ0v) is 13.6. The molecule has 0 spiro atoms. The van der Waals surface area contributed by atoms with Gasteiger partial charge in [-0.2, -0.15) is 4.98 Å². The molecule has 0 saturated heterocycles. The molecule has 0 aliphatic carbocycles. The van der Waals surface area contributed by atoms with Gasteiger partial charge in [0, 0.05) is 26.7 Å². The van der Waals surface area contributed by atoms with Crippen LogP contribution in [-0.4, -0.2) is 43.3 Å². The van der Waals surface area contributed by atoms with E-state index >= 15 is 0 Å². The SMILES string of the molecule is CCCNc1ncc(Cl)c(N(CCOC)CC(C)C)n1. The molecule has 0 aliphatic heterocycles.